The number of carbonyl (C=O) groups is 2. The highest BCUT2D eigenvalue weighted by Gasteiger charge is 2.23. The van der Waals surface area contributed by atoms with Crippen LogP contribution in [0.2, 0.25) is 0 Å². The van der Waals surface area contributed by atoms with Crippen LogP contribution in [0.4, 0.5) is 0 Å². The van der Waals surface area contributed by atoms with Crippen LogP contribution < -0.4 is 16.8 Å². The average Bonchev–Trinajstić information content (AvgIpc) is 2.54. The Labute approximate surface area is 142 Å². The van der Waals surface area contributed by atoms with Crippen LogP contribution in [0.3, 0.4) is 0 Å². The van der Waals surface area contributed by atoms with Crippen LogP contribution in [0.15, 0.2) is 42.5 Å². The molecule has 1 unspecified atom stereocenters. The number of rotatable bonds is 7. The Morgan fingerprint density at radius 2 is 1.75 bits per heavy atom. The van der Waals surface area contributed by atoms with Crippen molar-refractivity contribution in [3.63, 3.8) is 0 Å². The Kier molecular flexibility index (Phi) is 5.93. The van der Waals surface area contributed by atoms with E-state index in [1.807, 2.05) is 56.3 Å². The third-order valence-electron chi connectivity index (χ3n) is 4.02. The van der Waals surface area contributed by atoms with Crippen molar-refractivity contribution >= 4 is 22.6 Å². The number of benzene rings is 2. The predicted molar refractivity (Wildman–Crippen MR) is 96.2 cm³/mol. The number of nitrogens with two attached hydrogens (primary N) is 2. The first-order chi connectivity index (χ1) is 11.4. The minimum atomic E-state index is -0.732. The van der Waals surface area contributed by atoms with Gasteiger partial charge in [-0.25, -0.2) is 0 Å². The lowest BCUT2D eigenvalue weighted by Gasteiger charge is -2.20. The molecule has 2 rings (SSSR count). The molecule has 0 radical (unpaired) electrons. The lowest BCUT2D eigenvalue weighted by molar-refractivity contribution is -0.128. The first-order valence-corrected chi connectivity index (χ1v) is 8.20. The van der Waals surface area contributed by atoms with Gasteiger partial charge in [0.2, 0.25) is 11.8 Å². The number of nitrogens with one attached hydrogen (secondary N) is 1. The van der Waals surface area contributed by atoms with E-state index in [4.69, 9.17) is 11.5 Å². The van der Waals surface area contributed by atoms with E-state index >= 15 is 0 Å². The Hall–Kier alpha value is -2.40. The summed E-state index contributed by atoms with van der Waals surface area (Å²) in [6, 6.07) is 12.5. The molecule has 0 aliphatic carbocycles. The molecule has 2 atom stereocenters. The molecule has 0 aromatic heterocycles. The summed E-state index contributed by atoms with van der Waals surface area (Å²) in [6.45, 7) is 3.94. The number of hydrogen-bond donors (Lipinski definition) is 3. The van der Waals surface area contributed by atoms with Gasteiger partial charge in [-0.05, 0) is 35.1 Å². The summed E-state index contributed by atoms with van der Waals surface area (Å²) >= 11 is 0. The maximum absolute atomic E-state index is 12.3. The molecule has 0 saturated heterocycles. The van der Waals surface area contributed by atoms with Crippen LogP contribution in [0.5, 0.6) is 0 Å². The lowest BCUT2D eigenvalue weighted by Crippen LogP contribution is -2.51. The summed E-state index contributed by atoms with van der Waals surface area (Å²) in [5.41, 5.74) is 12.4. The molecule has 0 spiro atoms. The second kappa shape index (κ2) is 7.93. The number of carbonyl (C=O) groups excluding carboxylic acids is 2. The molecule has 0 bridgehead atoms. The highest BCUT2D eigenvalue weighted by molar-refractivity contribution is 5.90. The molecule has 24 heavy (non-hydrogen) atoms. The zero-order valence-corrected chi connectivity index (χ0v) is 14.2. The summed E-state index contributed by atoms with van der Waals surface area (Å²) in [4.78, 5) is 23.8. The van der Waals surface area contributed by atoms with Gasteiger partial charge in [0, 0.05) is 0 Å². The molecule has 0 fully saturated rings. The van der Waals surface area contributed by atoms with E-state index in [1.54, 1.807) is 0 Å². The van der Waals surface area contributed by atoms with E-state index in [2.05, 4.69) is 5.32 Å². The summed E-state index contributed by atoms with van der Waals surface area (Å²) < 4.78 is 0. The summed E-state index contributed by atoms with van der Waals surface area (Å²) in [5, 5.41) is 4.87. The van der Waals surface area contributed by atoms with Crippen LogP contribution in [0.25, 0.3) is 10.8 Å². The molecular formula is C19H25N3O2. The van der Waals surface area contributed by atoms with Crippen LogP contribution in [-0.4, -0.2) is 23.9 Å². The molecule has 0 aliphatic heterocycles. The topological polar surface area (TPSA) is 98.2 Å². The molecule has 2 aromatic carbocycles. The molecule has 2 aromatic rings. The average molecular weight is 327 g/mol. The van der Waals surface area contributed by atoms with Crippen molar-refractivity contribution in [2.45, 2.75) is 38.8 Å². The highest BCUT2D eigenvalue weighted by Crippen LogP contribution is 2.19. The third kappa shape index (κ3) is 4.55. The summed E-state index contributed by atoms with van der Waals surface area (Å²) in [7, 11) is 0. The maximum atomic E-state index is 12.3. The second-order valence-electron chi connectivity index (χ2n) is 6.54. The van der Waals surface area contributed by atoms with Crippen LogP contribution in [0.1, 0.15) is 25.8 Å². The van der Waals surface area contributed by atoms with E-state index in [1.165, 1.54) is 0 Å². The van der Waals surface area contributed by atoms with Gasteiger partial charge in [0.15, 0.2) is 0 Å². The molecule has 5 heteroatoms. The number of hydrogen-bond acceptors (Lipinski definition) is 3. The number of fused-ring (bicyclic) bond motifs is 1. The Morgan fingerprint density at radius 3 is 2.42 bits per heavy atom. The molecule has 0 heterocycles. The highest BCUT2D eigenvalue weighted by atomic mass is 16.2. The van der Waals surface area contributed by atoms with Gasteiger partial charge >= 0.3 is 0 Å². The normalized spacial score (nSPS) is 13.7. The monoisotopic (exact) mass is 327 g/mol. The predicted octanol–water partition coefficient (Wildman–Crippen LogP) is 1.73. The van der Waals surface area contributed by atoms with Gasteiger partial charge in [0.05, 0.1) is 6.04 Å². The molecular weight excluding hydrogens is 302 g/mol. The van der Waals surface area contributed by atoms with Gasteiger partial charge in [0.1, 0.15) is 6.04 Å². The van der Waals surface area contributed by atoms with Crippen molar-refractivity contribution in [1.29, 1.82) is 0 Å². The summed E-state index contributed by atoms with van der Waals surface area (Å²) in [5.74, 6) is -0.640. The zero-order chi connectivity index (χ0) is 17.7. The summed E-state index contributed by atoms with van der Waals surface area (Å²) in [6.07, 6.45) is 0.905. The van der Waals surface area contributed by atoms with E-state index in [9.17, 15) is 9.59 Å². The van der Waals surface area contributed by atoms with E-state index in [0.29, 0.717) is 12.8 Å². The largest absolute Gasteiger partial charge is 0.368 e. The molecule has 0 saturated carbocycles. The Morgan fingerprint density at radius 1 is 1.08 bits per heavy atom. The fourth-order valence-electron chi connectivity index (χ4n) is 2.80. The zero-order valence-electron chi connectivity index (χ0n) is 14.2. The van der Waals surface area contributed by atoms with Crippen molar-refractivity contribution in [2.75, 3.05) is 0 Å². The molecule has 5 N–H and O–H groups in total. The minimum absolute atomic E-state index is 0.247. The van der Waals surface area contributed by atoms with Crippen LogP contribution in [-0.2, 0) is 16.0 Å². The van der Waals surface area contributed by atoms with Gasteiger partial charge in [-0.2, -0.15) is 0 Å². The fraction of sp³-hybridized carbons (Fsp3) is 0.368. The molecule has 2 amide bonds. The number of primary amides is 1. The van der Waals surface area contributed by atoms with E-state index < -0.39 is 18.0 Å². The van der Waals surface area contributed by atoms with Crippen molar-refractivity contribution in [3.8, 4) is 0 Å². The second-order valence-corrected chi connectivity index (χ2v) is 6.54. The molecule has 0 aliphatic rings. The third-order valence-corrected chi connectivity index (χ3v) is 4.02. The molecule has 5 nitrogen and oxygen atoms in total. The first kappa shape index (κ1) is 17.9. The smallest absolute Gasteiger partial charge is 0.240 e. The van der Waals surface area contributed by atoms with Crippen molar-refractivity contribution in [3.05, 3.63) is 48.0 Å². The Balaban J connectivity index is 2.09. The lowest BCUT2D eigenvalue weighted by atomic mass is 9.98. The quantitative estimate of drug-likeness (QED) is 0.722. The van der Waals surface area contributed by atoms with Crippen LogP contribution >= 0.6 is 0 Å². The van der Waals surface area contributed by atoms with Gasteiger partial charge < -0.3 is 16.8 Å². The van der Waals surface area contributed by atoms with E-state index in [0.717, 1.165) is 16.3 Å². The SMILES string of the molecule is CC(C)C[C@H](NC(=O)C(N)Cc1cccc2ccccc12)C(N)=O. The maximum Gasteiger partial charge on any atom is 0.240 e. The minimum Gasteiger partial charge on any atom is -0.368 e. The fourth-order valence-corrected chi connectivity index (χ4v) is 2.80. The van der Waals surface area contributed by atoms with Crippen molar-refractivity contribution in [1.82, 2.24) is 5.32 Å². The molecule has 128 valence electrons. The van der Waals surface area contributed by atoms with Gasteiger partial charge in [-0.15, -0.1) is 0 Å². The Bertz CT molecular complexity index is 722. The number of amides is 2. The van der Waals surface area contributed by atoms with Gasteiger partial charge in [0.25, 0.3) is 0 Å². The van der Waals surface area contributed by atoms with Gasteiger partial charge in [-0.3, -0.25) is 9.59 Å². The van der Waals surface area contributed by atoms with E-state index in [-0.39, 0.29) is 11.8 Å². The van der Waals surface area contributed by atoms with Gasteiger partial charge in [-0.1, -0.05) is 56.3 Å². The van der Waals surface area contributed by atoms with Crippen molar-refractivity contribution in [2.24, 2.45) is 17.4 Å². The van der Waals surface area contributed by atoms with Crippen LogP contribution in [0, 0.1) is 5.92 Å². The van der Waals surface area contributed by atoms with Crippen molar-refractivity contribution < 1.29 is 9.59 Å². The standard InChI is InChI=1S/C19H25N3O2/c1-12(2)10-17(18(21)23)22-19(24)16(20)11-14-8-5-7-13-6-3-4-9-15(13)14/h3-9,12,16-17H,10-11,20H2,1-2H3,(H2,21,23)(H,22,24)/t16?,17-/m0/s1. The first-order valence-electron chi connectivity index (χ1n) is 8.20.